The van der Waals surface area contributed by atoms with Gasteiger partial charge in [0.2, 0.25) is 0 Å². The second-order valence-electron chi connectivity index (χ2n) is 6.48. The number of hydrogen-bond acceptors (Lipinski definition) is 6. The minimum atomic E-state index is -3.98. The van der Waals surface area contributed by atoms with Crippen LogP contribution in [-0.2, 0) is 21.2 Å². The van der Waals surface area contributed by atoms with Crippen molar-refractivity contribution in [2.24, 2.45) is 0 Å². The van der Waals surface area contributed by atoms with E-state index >= 15 is 0 Å². The third-order valence-corrected chi connectivity index (χ3v) is 6.20. The van der Waals surface area contributed by atoms with Gasteiger partial charge in [-0.2, -0.15) is 0 Å². The number of carbonyl (C=O) groups excluding carboxylic acids is 2. The van der Waals surface area contributed by atoms with Crippen molar-refractivity contribution in [1.29, 1.82) is 0 Å². The number of ether oxygens (including phenoxy) is 2. The highest BCUT2D eigenvalue weighted by molar-refractivity contribution is 7.89. The van der Waals surface area contributed by atoms with Gasteiger partial charge in [0, 0.05) is 13.6 Å². The van der Waals surface area contributed by atoms with Crippen LogP contribution in [0, 0.1) is 6.92 Å². The minimum absolute atomic E-state index is 0.0182. The van der Waals surface area contributed by atoms with Gasteiger partial charge in [0.05, 0.1) is 24.2 Å². The van der Waals surface area contributed by atoms with Crippen molar-refractivity contribution in [3.05, 3.63) is 59.2 Å². The van der Waals surface area contributed by atoms with Crippen molar-refractivity contribution in [1.82, 2.24) is 9.62 Å². The molecule has 0 saturated heterocycles. The van der Waals surface area contributed by atoms with E-state index in [4.69, 9.17) is 9.47 Å². The zero-order valence-corrected chi connectivity index (χ0v) is 18.3. The molecule has 0 bridgehead atoms. The van der Waals surface area contributed by atoms with Crippen LogP contribution in [0.15, 0.2) is 47.4 Å². The quantitative estimate of drug-likeness (QED) is 0.685. The maximum absolute atomic E-state index is 12.5. The van der Waals surface area contributed by atoms with Gasteiger partial charge < -0.3 is 14.8 Å². The van der Waals surface area contributed by atoms with Crippen LogP contribution in [-0.4, -0.2) is 52.0 Å². The van der Waals surface area contributed by atoms with E-state index in [-0.39, 0.29) is 17.4 Å². The van der Waals surface area contributed by atoms with Crippen LogP contribution in [0.3, 0.4) is 0 Å². The molecule has 0 spiro atoms. The Morgan fingerprint density at radius 2 is 1.77 bits per heavy atom. The smallest absolute Gasteiger partial charge is 0.423 e. The largest absolute Gasteiger partial charge is 0.496 e. The number of para-hydroxylation sites is 1. The first kappa shape index (κ1) is 23.2. The number of rotatable bonds is 8. The number of carbonyl (C=O) groups is 2. The number of aryl methyl sites for hydroxylation is 1. The topological polar surface area (TPSA) is 102 Å². The van der Waals surface area contributed by atoms with Crippen molar-refractivity contribution in [2.75, 3.05) is 27.3 Å². The number of amides is 2. The third-order valence-electron chi connectivity index (χ3n) is 4.47. The molecular weight excluding hydrogens is 408 g/mol. The Hall–Kier alpha value is -3.07. The van der Waals surface area contributed by atoms with Crippen molar-refractivity contribution in [2.45, 2.75) is 25.2 Å². The summed E-state index contributed by atoms with van der Waals surface area (Å²) in [7, 11) is -1.31. The van der Waals surface area contributed by atoms with E-state index in [0.29, 0.717) is 28.6 Å². The number of benzene rings is 2. The first-order valence-corrected chi connectivity index (χ1v) is 10.8. The molecule has 2 aromatic rings. The maximum Gasteiger partial charge on any atom is 0.423 e. The van der Waals surface area contributed by atoms with E-state index in [1.165, 1.54) is 19.2 Å². The predicted octanol–water partition coefficient (Wildman–Crippen LogP) is 2.75. The van der Waals surface area contributed by atoms with E-state index in [2.05, 4.69) is 5.32 Å². The fraction of sp³-hybridized carbons (Fsp3) is 0.333. The highest BCUT2D eigenvalue weighted by Gasteiger charge is 2.26. The average Bonchev–Trinajstić information content (AvgIpc) is 2.73. The van der Waals surface area contributed by atoms with Crippen LogP contribution in [0.4, 0.5) is 4.79 Å². The van der Waals surface area contributed by atoms with Crippen molar-refractivity contribution in [3.63, 3.8) is 0 Å². The average molecular weight is 435 g/mol. The Morgan fingerprint density at radius 1 is 1.10 bits per heavy atom. The molecule has 0 aliphatic carbocycles. The van der Waals surface area contributed by atoms with Gasteiger partial charge in [-0.05, 0) is 49.6 Å². The van der Waals surface area contributed by atoms with Crippen LogP contribution < -0.4 is 10.1 Å². The summed E-state index contributed by atoms with van der Waals surface area (Å²) in [5.41, 5.74) is 2.17. The monoisotopic (exact) mass is 434 g/mol. The summed E-state index contributed by atoms with van der Waals surface area (Å²) in [6, 6.07) is 11.5. The summed E-state index contributed by atoms with van der Waals surface area (Å²) in [6.45, 7) is 3.91. The first-order valence-electron chi connectivity index (χ1n) is 9.38. The van der Waals surface area contributed by atoms with E-state index < -0.39 is 16.1 Å². The molecule has 2 rings (SSSR count). The van der Waals surface area contributed by atoms with Gasteiger partial charge in [-0.1, -0.05) is 24.3 Å². The van der Waals surface area contributed by atoms with Crippen LogP contribution in [0.2, 0.25) is 0 Å². The molecule has 0 aliphatic heterocycles. The van der Waals surface area contributed by atoms with E-state index in [9.17, 15) is 18.0 Å². The molecule has 0 unspecified atom stereocenters. The lowest BCUT2D eigenvalue weighted by Crippen LogP contribution is -2.33. The standard InChI is InChI=1S/C21H26N2O6S/c1-5-29-21(25)23(3)30(26,27)17-11-9-16(10-12-17)13-14-22-20(24)18-8-6-7-15(2)19(18)28-4/h6-12H,5,13-14H2,1-4H3,(H,22,24). The Labute approximate surface area is 176 Å². The fourth-order valence-electron chi connectivity index (χ4n) is 2.82. The number of nitrogens with one attached hydrogen (secondary N) is 1. The molecule has 0 aliphatic rings. The Bertz CT molecular complexity index is 1000. The molecule has 0 saturated carbocycles. The van der Waals surface area contributed by atoms with E-state index in [1.54, 1.807) is 31.2 Å². The van der Waals surface area contributed by atoms with Crippen LogP contribution in [0.25, 0.3) is 0 Å². The second kappa shape index (κ2) is 10.1. The van der Waals surface area contributed by atoms with Gasteiger partial charge in [-0.15, -0.1) is 0 Å². The number of methoxy groups -OCH3 is 1. The second-order valence-corrected chi connectivity index (χ2v) is 8.45. The van der Waals surface area contributed by atoms with Gasteiger partial charge in [0.15, 0.2) is 0 Å². The van der Waals surface area contributed by atoms with Gasteiger partial charge in [0.25, 0.3) is 15.9 Å². The van der Waals surface area contributed by atoms with Crippen molar-refractivity contribution >= 4 is 22.0 Å². The predicted molar refractivity (Wildman–Crippen MR) is 112 cm³/mol. The number of sulfonamides is 1. The third kappa shape index (κ3) is 5.29. The van der Waals surface area contributed by atoms with Crippen LogP contribution in [0.5, 0.6) is 5.75 Å². The molecule has 9 heteroatoms. The molecule has 8 nitrogen and oxygen atoms in total. The lowest BCUT2D eigenvalue weighted by molar-refractivity contribution is 0.0950. The maximum atomic E-state index is 12.5. The summed E-state index contributed by atoms with van der Waals surface area (Å²) >= 11 is 0. The Morgan fingerprint density at radius 3 is 2.37 bits per heavy atom. The molecule has 0 aromatic heterocycles. The molecule has 162 valence electrons. The minimum Gasteiger partial charge on any atom is -0.496 e. The highest BCUT2D eigenvalue weighted by Crippen LogP contribution is 2.22. The van der Waals surface area contributed by atoms with Crippen LogP contribution in [0.1, 0.15) is 28.4 Å². The normalized spacial score (nSPS) is 10.9. The molecule has 30 heavy (non-hydrogen) atoms. The van der Waals surface area contributed by atoms with E-state index in [1.807, 2.05) is 13.0 Å². The number of hydrogen-bond donors (Lipinski definition) is 1. The molecule has 2 aromatic carbocycles. The molecular formula is C21H26N2O6S. The molecule has 0 radical (unpaired) electrons. The van der Waals surface area contributed by atoms with Crippen molar-refractivity contribution in [3.8, 4) is 5.75 Å². The summed E-state index contributed by atoms with van der Waals surface area (Å²) in [4.78, 5) is 24.1. The Kier molecular flexibility index (Phi) is 7.82. The lowest BCUT2D eigenvalue weighted by atomic mass is 10.1. The van der Waals surface area contributed by atoms with Gasteiger partial charge in [-0.25, -0.2) is 17.5 Å². The first-order chi connectivity index (χ1) is 14.2. The molecule has 0 heterocycles. The lowest BCUT2D eigenvalue weighted by Gasteiger charge is -2.17. The molecule has 1 N–H and O–H groups in total. The molecule has 2 amide bonds. The van der Waals surface area contributed by atoms with E-state index in [0.717, 1.165) is 18.2 Å². The molecule has 0 fully saturated rings. The SMILES string of the molecule is CCOC(=O)N(C)S(=O)(=O)c1ccc(CCNC(=O)c2cccc(C)c2OC)cc1. The highest BCUT2D eigenvalue weighted by atomic mass is 32.2. The summed E-state index contributed by atoms with van der Waals surface area (Å²) < 4.78 is 35.5. The fourth-order valence-corrected chi connectivity index (χ4v) is 3.86. The van der Waals surface area contributed by atoms with Gasteiger partial charge in [0.1, 0.15) is 5.75 Å². The summed E-state index contributed by atoms with van der Waals surface area (Å²) in [6.07, 6.45) is -0.427. The van der Waals surface area contributed by atoms with Gasteiger partial charge >= 0.3 is 6.09 Å². The number of nitrogens with zero attached hydrogens (tertiary/aromatic N) is 1. The zero-order chi connectivity index (χ0) is 22.3. The molecule has 0 atom stereocenters. The van der Waals surface area contributed by atoms with Crippen LogP contribution >= 0.6 is 0 Å². The van der Waals surface area contributed by atoms with Gasteiger partial charge in [-0.3, -0.25) is 4.79 Å². The summed E-state index contributed by atoms with van der Waals surface area (Å²) in [5.74, 6) is 0.293. The zero-order valence-electron chi connectivity index (χ0n) is 17.5. The van der Waals surface area contributed by atoms with Crippen molar-refractivity contribution < 1.29 is 27.5 Å². The Balaban J connectivity index is 1.99. The summed E-state index contributed by atoms with van der Waals surface area (Å²) in [5, 5.41) is 2.83.